The van der Waals surface area contributed by atoms with Crippen LogP contribution >= 0.6 is 0 Å². The van der Waals surface area contributed by atoms with E-state index in [2.05, 4.69) is 5.32 Å². The van der Waals surface area contributed by atoms with Crippen LogP contribution in [0, 0.1) is 24.0 Å². The second-order valence-corrected chi connectivity index (χ2v) is 7.06. The number of hydrogen-bond acceptors (Lipinski definition) is 4. The van der Waals surface area contributed by atoms with Crippen LogP contribution in [0.2, 0.25) is 0 Å². The highest BCUT2D eigenvalue weighted by atomic mass is 16.6. The Morgan fingerprint density at radius 2 is 1.68 bits per heavy atom. The van der Waals surface area contributed by atoms with Crippen LogP contribution in [-0.4, -0.2) is 40.8 Å². The smallest absolute Gasteiger partial charge is 0.273 e. The lowest BCUT2D eigenvalue weighted by molar-refractivity contribution is -0.385. The third kappa shape index (κ3) is 4.03. The molecule has 0 atom stereocenters. The summed E-state index contributed by atoms with van der Waals surface area (Å²) in [5, 5.41) is 14.1. The molecule has 1 aliphatic heterocycles. The van der Waals surface area contributed by atoms with E-state index in [0.717, 1.165) is 5.56 Å². The topological polar surface area (TPSA) is 92.6 Å². The van der Waals surface area contributed by atoms with Gasteiger partial charge in [0.1, 0.15) is 0 Å². The van der Waals surface area contributed by atoms with Crippen molar-refractivity contribution >= 4 is 17.5 Å². The maximum absolute atomic E-state index is 12.8. The SMILES string of the molecule is Cc1ccccc1C(=O)NC1CCN(C(=O)c2cccc([N+](=O)[O-])c2C)CC1. The molecule has 1 aliphatic rings. The van der Waals surface area contributed by atoms with Gasteiger partial charge in [-0.3, -0.25) is 19.7 Å². The Labute approximate surface area is 163 Å². The molecular formula is C21H23N3O4. The standard InChI is InChI=1S/C21H23N3O4/c1-14-6-3-4-7-17(14)20(25)22-16-10-12-23(13-11-16)21(26)18-8-5-9-19(15(18)2)24(27)28/h3-9,16H,10-13H2,1-2H3,(H,22,25). The Kier molecular flexibility index (Phi) is 5.73. The van der Waals surface area contributed by atoms with Crippen molar-refractivity contribution < 1.29 is 14.5 Å². The maximum atomic E-state index is 12.8. The first-order valence-electron chi connectivity index (χ1n) is 9.28. The van der Waals surface area contributed by atoms with Crippen molar-refractivity contribution in [2.45, 2.75) is 32.7 Å². The summed E-state index contributed by atoms with van der Waals surface area (Å²) in [5.41, 5.74) is 2.28. The highest BCUT2D eigenvalue weighted by Crippen LogP contribution is 2.23. The van der Waals surface area contributed by atoms with E-state index in [4.69, 9.17) is 0 Å². The van der Waals surface area contributed by atoms with Gasteiger partial charge < -0.3 is 10.2 Å². The number of amides is 2. The number of carbonyl (C=O) groups is 2. The van der Waals surface area contributed by atoms with E-state index in [1.807, 2.05) is 25.1 Å². The molecule has 7 heteroatoms. The van der Waals surface area contributed by atoms with Gasteiger partial charge in [-0.05, 0) is 44.4 Å². The normalized spacial score (nSPS) is 14.6. The minimum atomic E-state index is -0.473. The predicted molar refractivity (Wildman–Crippen MR) is 105 cm³/mol. The van der Waals surface area contributed by atoms with Crippen LogP contribution in [0.1, 0.15) is 44.7 Å². The fourth-order valence-corrected chi connectivity index (χ4v) is 3.54. The Hall–Kier alpha value is -3.22. The molecule has 146 valence electrons. The highest BCUT2D eigenvalue weighted by Gasteiger charge is 2.27. The second kappa shape index (κ2) is 8.21. The van der Waals surface area contributed by atoms with E-state index >= 15 is 0 Å². The summed E-state index contributed by atoms with van der Waals surface area (Å²) in [5.74, 6) is -0.303. The number of piperidine rings is 1. The predicted octanol–water partition coefficient (Wildman–Crippen LogP) is 3.25. The number of carbonyl (C=O) groups excluding carboxylic acids is 2. The van der Waals surface area contributed by atoms with Crippen molar-refractivity contribution in [1.82, 2.24) is 10.2 Å². The Balaban J connectivity index is 1.62. The fourth-order valence-electron chi connectivity index (χ4n) is 3.54. The summed E-state index contributed by atoms with van der Waals surface area (Å²) < 4.78 is 0. The van der Waals surface area contributed by atoms with Gasteiger partial charge in [0.25, 0.3) is 17.5 Å². The Morgan fingerprint density at radius 1 is 1.04 bits per heavy atom. The summed E-state index contributed by atoms with van der Waals surface area (Å²) in [4.78, 5) is 37.6. The molecule has 2 amide bonds. The van der Waals surface area contributed by atoms with E-state index in [-0.39, 0.29) is 23.5 Å². The Bertz CT molecular complexity index is 918. The first-order valence-corrected chi connectivity index (χ1v) is 9.28. The van der Waals surface area contributed by atoms with Gasteiger partial charge in [-0.2, -0.15) is 0 Å². The van der Waals surface area contributed by atoms with Crippen LogP contribution in [0.3, 0.4) is 0 Å². The number of nitrogens with zero attached hydrogens (tertiary/aromatic N) is 2. The van der Waals surface area contributed by atoms with Gasteiger partial charge in [-0.1, -0.05) is 24.3 Å². The fraction of sp³-hybridized carbons (Fsp3) is 0.333. The molecule has 3 rings (SSSR count). The molecule has 1 heterocycles. The molecule has 1 saturated heterocycles. The molecule has 1 N–H and O–H groups in total. The molecular weight excluding hydrogens is 358 g/mol. The van der Waals surface area contributed by atoms with Crippen molar-refractivity contribution in [3.8, 4) is 0 Å². The lowest BCUT2D eigenvalue weighted by Crippen LogP contribution is -2.46. The lowest BCUT2D eigenvalue weighted by atomic mass is 10.0. The zero-order valence-corrected chi connectivity index (χ0v) is 16.0. The van der Waals surface area contributed by atoms with Crippen molar-refractivity contribution in [2.75, 3.05) is 13.1 Å². The van der Waals surface area contributed by atoms with Gasteiger partial charge in [0.05, 0.1) is 4.92 Å². The molecule has 0 aliphatic carbocycles. The summed E-state index contributed by atoms with van der Waals surface area (Å²) in [6.45, 7) is 4.50. The molecule has 0 spiro atoms. The van der Waals surface area contributed by atoms with E-state index in [9.17, 15) is 19.7 Å². The van der Waals surface area contributed by atoms with E-state index in [1.165, 1.54) is 12.1 Å². The van der Waals surface area contributed by atoms with Gasteiger partial charge in [0.15, 0.2) is 0 Å². The Morgan fingerprint density at radius 3 is 2.32 bits per heavy atom. The zero-order valence-electron chi connectivity index (χ0n) is 16.0. The van der Waals surface area contributed by atoms with Crippen LogP contribution in [-0.2, 0) is 0 Å². The van der Waals surface area contributed by atoms with E-state index in [1.54, 1.807) is 24.0 Å². The first-order chi connectivity index (χ1) is 13.4. The number of rotatable bonds is 4. The molecule has 2 aromatic rings. The van der Waals surface area contributed by atoms with Crippen LogP contribution in [0.5, 0.6) is 0 Å². The van der Waals surface area contributed by atoms with Gasteiger partial charge in [-0.15, -0.1) is 0 Å². The van der Waals surface area contributed by atoms with Crippen molar-refractivity contribution in [3.05, 3.63) is 74.8 Å². The average molecular weight is 381 g/mol. The summed E-state index contributed by atoms with van der Waals surface area (Å²) in [6, 6.07) is 12.0. The molecule has 0 radical (unpaired) electrons. The molecule has 0 unspecified atom stereocenters. The van der Waals surface area contributed by atoms with Crippen LogP contribution in [0.15, 0.2) is 42.5 Å². The van der Waals surface area contributed by atoms with E-state index in [0.29, 0.717) is 42.6 Å². The third-order valence-corrected chi connectivity index (χ3v) is 5.24. The summed E-state index contributed by atoms with van der Waals surface area (Å²) in [7, 11) is 0. The largest absolute Gasteiger partial charge is 0.349 e. The lowest BCUT2D eigenvalue weighted by Gasteiger charge is -2.32. The van der Waals surface area contributed by atoms with Crippen LogP contribution in [0.25, 0.3) is 0 Å². The van der Waals surface area contributed by atoms with Crippen molar-refractivity contribution in [1.29, 1.82) is 0 Å². The molecule has 7 nitrogen and oxygen atoms in total. The van der Waals surface area contributed by atoms with Crippen molar-refractivity contribution in [2.24, 2.45) is 0 Å². The first kappa shape index (κ1) is 19.5. The average Bonchev–Trinajstić information content (AvgIpc) is 2.68. The highest BCUT2D eigenvalue weighted by molar-refractivity contribution is 5.97. The van der Waals surface area contributed by atoms with Gasteiger partial charge in [0, 0.05) is 41.9 Å². The molecule has 0 bridgehead atoms. The number of nitro benzene ring substituents is 1. The number of likely N-dealkylation sites (tertiary alicyclic amines) is 1. The quantitative estimate of drug-likeness (QED) is 0.650. The van der Waals surface area contributed by atoms with Crippen LogP contribution < -0.4 is 5.32 Å². The molecule has 0 saturated carbocycles. The number of benzene rings is 2. The van der Waals surface area contributed by atoms with Crippen LogP contribution in [0.4, 0.5) is 5.69 Å². The number of hydrogen-bond donors (Lipinski definition) is 1. The van der Waals surface area contributed by atoms with Gasteiger partial charge in [-0.25, -0.2) is 0 Å². The maximum Gasteiger partial charge on any atom is 0.273 e. The van der Waals surface area contributed by atoms with Gasteiger partial charge in [0.2, 0.25) is 0 Å². The zero-order chi connectivity index (χ0) is 20.3. The molecule has 1 fully saturated rings. The van der Waals surface area contributed by atoms with E-state index < -0.39 is 4.92 Å². The monoisotopic (exact) mass is 381 g/mol. The second-order valence-electron chi connectivity index (χ2n) is 7.06. The number of nitro groups is 1. The third-order valence-electron chi connectivity index (χ3n) is 5.24. The summed E-state index contributed by atoms with van der Waals surface area (Å²) >= 11 is 0. The van der Waals surface area contributed by atoms with Crippen molar-refractivity contribution in [3.63, 3.8) is 0 Å². The summed E-state index contributed by atoms with van der Waals surface area (Å²) in [6.07, 6.45) is 1.30. The number of nitrogens with one attached hydrogen (secondary N) is 1. The molecule has 28 heavy (non-hydrogen) atoms. The minimum absolute atomic E-state index is 0.00219. The minimum Gasteiger partial charge on any atom is -0.349 e. The molecule has 2 aromatic carbocycles. The number of aryl methyl sites for hydroxylation is 1. The van der Waals surface area contributed by atoms with Gasteiger partial charge >= 0.3 is 0 Å². The molecule has 0 aromatic heterocycles.